The predicted molar refractivity (Wildman–Crippen MR) is 89.3 cm³/mol. The number of hydrogen-bond acceptors (Lipinski definition) is 5. The van der Waals surface area contributed by atoms with Crippen molar-refractivity contribution >= 4 is 17.5 Å². The molecule has 0 spiro atoms. The molecule has 6 nitrogen and oxygen atoms in total. The highest BCUT2D eigenvalue weighted by Gasteiger charge is 2.22. The molecule has 3 rings (SSSR count). The average molecular weight is 318 g/mol. The highest BCUT2D eigenvalue weighted by Crippen LogP contribution is 2.21. The molecule has 1 saturated carbocycles. The van der Waals surface area contributed by atoms with E-state index in [1.54, 1.807) is 0 Å². The molecule has 1 aromatic heterocycles. The molecule has 1 saturated heterocycles. The fourth-order valence-corrected chi connectivity index (χ4v) is 3.30. The van der Waals surface area contributed by atoms with Crippen LogP contribution in [0.5, 0.6) is 0 Å². The summed E-state index contributed by atoms with van der Waals surface area (Å²) in [7, 11) is 0. The molecule has 1 aromatic rings. The summed E-state index contributed by atoms with van der Waals surface area (Å²) in [5, 5.41) is 14.6. The van der Waals surface area contributed by atoms with Gasteiger partial charge < -0.3 is 15.4 Å². The fraction of sp³-hybridized carbons (Fsp3) is 0.706. The van der Waals surface area contributed by atoms with Crippen molar-refractivity contribution in [1.82, 2.24) is 10.2 Å². The second-order valence-electron chi connectivity index (χ2n) is 6.51. The fourth-order valence-electron chi connectivity index (χ4n) is 3.30. The molecule has 2 aliphatic rings. The molecular weight excluding hydrogens is 292 g/mol. The van der Waals surface area contributed by atoms with Crippen molar-refractivity contribution in [1.29, 1.82) is 0 Å². The van der Waals surface area contributed by atoms with Gasteiger partial charge in [-0.15, -0.1) is 10.2 Å². The normalized spacial score (nSPS) is 20.7. The van der Waals surface area contributed by atoms with Crippen LogP contribution in [-0.2, 0) is 9.53 Å². The smallest absolute Gasteiger partial charge is 0.228 e. The Morgan fingerprint density at radius 2 is 1.61 bits per heavy atom. The van der Waals surface area contributed by atoms with E-state index in [-0.39, 0.29) is 11.8 Å². The zero-order valence-corrected chi connectivity index (χ0v) is 13.6. The van der Waals surface area contributed by atoms with Crippen molar-refractivity contribution in [3.05, 3.63) is 12.1 Å². The molecule has 0 atom stereocenters. The van der Waals surface area contributed by atoms with Crippen molar-refractivity contribution in [2.45, 2.75) is 57.4 Å². The second-order valence-corrected chi connectivity index (χ2v) is 6.51. The van der Waals surface area contributed by atoms with Gasteiger partial charge in [-0.2, -0.15) is 0 Å². The van der Waals surface area contributed by atoms with E-state index in [2.05, 4.69) is 20.8 Å². The molecule has 0 aromatic carbocycles. The molecule has 0 unspecified atom stereocenters. The molecule has 2 N–H and O–H groups in total. The van der Waals surface area contributed by atoms with Gasteiger partial charge in [-0.1, -0.05) is 25.7 Å². The van der Waals surface area contributed by atoms with E-state index in [0.717, 1.165) is 18.7 Å². The number of hydrogen-bond donors (Lipinski definition) is 2. The number of aromatic nitrogens is 2. The maximum absolute atomic E-state index is 12.2. The molecule has 1 amide bonds. The van der Waals surface area contributed by atoms with Crippen LogP contribution in [0.3, 0.4) is 0 Å². The summed E-state index contributed by atoms with van der Waals surface area (Å²) in [5.74, 6) is 1.36. The minimum atomic E-state index is 0.0204. The molecule has 2 heterocycles. The molecule has 0 bridgehead atoms. The van der Waals surface area contributed by atoms with Crippen LogP contribution in [0.25, 0.3) is 0 Å². The SMILES string of the molecule is O=C(Nc1ccc(NC2CCCCCC2)nn1)C1CCOCC1. The van der Waals surface area contributed by atoms with Crippen LogP contribution >= 0.6 is 0 Å². The quantitative estimate of drug-likeness (QED) is 0.835. The number of carbonyl (C=O) groups excluding carboxylic acids is 1. The van der Waals surface area contributed by atoms with Gasteiger partial charge in [0.2, 0.25) is 5.91 Å². The molecule has 1 aliphatic heterocycles. The lowest BCUT2D eigenvalue weighted by molar-refractivity contribution is -0.122. The summed E-state index contributed by atoms with van der Waals surface area (Å²) in [4.78, 5) is 12.2. The van der Waals surface area contributed by atoms with Crippen LogP contribution in [0, 0.1) is 5.92 Å². The number of anilines is 2. The largest absolute Gasteiger partial charge is 0.381 e. The first-order chi connectivity index (χ1) is 11.3. The van der Waals surface area contributed by atoms with Gasteiger partial charge in [0.15, 0.2) is 5.82 Å². The van der Waals surface area contributed by atoms with Gasteiger partial charge in [-0.25, -0.2) is 0 Å². The van der Waals surface area contributed by atoms with Gasteiger partial charge in [0.1, 0.15) is 5.82 Å². The van der Waals surface area contributed by atoms with Gasteiger partial charge in [0.25, 0.3) is 0 Å². The van der Waals surface area contributed by atoms with E-state index in [4.69, 9.17) is 4.74 Å². The van der Waals surface area contributed by atoms with E-state index in [1.807, 2.05) is 12.1 Å². The summed E-state index contributed by atoms with van der Waals surface area (Å²) >= 11 is 0. The van der Waals surface area contributed by atoms with Crippen LogP contribution in [0.4, 0.5) is 11.6 Å². The van der Waals surface area contributed by atoms with Crippen LogP contribution in [0.1, 0.15) is 51.4 Å². The van der Waals surface area contributed by atoms with Crippen LogP contribution in [-0.4, -0.2) is 35.4 Å². The maximum Gasteiger partial charge on any atom is 0.228 e. The molecular formula is C17H26N4O2. The molecule has 2 fully saturated rings. The van der Waals surface area contributed by atoms with Crippen LogP contribution in [0.15, 0.2) is 12.1 Å². The Bertz CT molecular complexity index is 492. The molecule has 0 radical (unpaired) electrons. The zero-order chi connectivity index (χ0) is 15.9. The first kappa shape index (κ1) is 16.2. The average Bonchev–Trinajstić information content (AvgIpc) is 2.86. The Morgan fingerprint density at radius 1 is 0.957 bits per heavy atom. The summed E-state index contributed by atoms with van der Waals surface area (Å²) < 4.78 is 5.28. The van der Waals surface area contributed by atoms with Crippen LogP contribution < -0.4 is 10.6 Å². The number of rotatable bonds is 4. The lowest BCUT2D eigenvalue weighted by atomic mass is 9.99. The van der Waals surface area contributed by atoms with Crippen molar-refractivity contribution in [3.63, 3.8) is 0 Å². The zero-order valence-electron chi connectivity index (χ0n) is 13.6. The molecule has 6 heteroatoms. The number of ether oxygens (including phenoxy) is 1. The Hall–Kier alpha value is -1.69. The summed E-state index contributed by atoms with van der Waals surface area (Å²) in [6.45, 7) is 1.32. The minimum absolute atomic E-state index is 0.0204. The third-order valence-electron chi connectivity index (χ3n) is 4.72. The molecule has 1 aliphatic carbocycles. The number of nitrogens with zero attached hydrogens (tertiary/aromatic N) is 2. The topological polar surface area (TPSA) is 76.1 Å². The molecule has 126 valence electrons. The number of nitrogens with one attached hydrogen (secondary N) is 2. The van der Waals surface area contributed by atoms with Gasteiger partial charge >= 0.3 is 0 Å². The highest BCUT2D eigenvalue weighted by atomic mass is 16.5. The Balaban J connectivity index is 1.51. The van der Waals surface area contributed by atoms with Crippen molar-refractivity contribution in [2.24, 2.45) is 5.92 Å². The minimum Gasteiger partial charge on any atom is -0.381 e. The first-order valence-corrected chi connectivity index (χ1v) is 8.80. The van der Waals surface area contributed by atoms with E-state index < -0.39 is 0 Å². The monoisotopic (exact) mass is 318 g/mol. The standard InChI is InChI=1S/C17H26N4O2/c22-17(13-9-11-23-12-10-13)19-16-8-7-15(20-21-16)18-14-5-3-1-2-4-6-14/h7-8,13-14H,1-6,9-12H2,(H,18,20)(H,19,21,22). The van der Waals surface area contributed by atoms with Crippen molar-refractivity contribution in [3.8, 4) is 0 Å². The Morgan fingerprint density at radius 3 is 2.26 bits per heavy atom. The first-order valence-electron chi connectivity index (χ1n) is 8.80. The number of amides is 1. The maximum atomic E-state index is 12.2. The van der Waals surface area contributed by atoms with E-state index >= 15 is 0 Å². The van der Waals surface area contributed by atoms with Crippen molar-refractivity contribution in [2.75, 3.05) is 23.8 Å². The summed E-state index contributed by atoms with van der Waals surface area (Å²) in [6, 6.07) is 4.22. The van der Waals surface area contributed by atoms with E-state index in [9.17, 15) is 4.79 Å². The highest BCUT2D eigenvalue weighted by molar-refractivity contribution is 5.91. The third-order valence-corrected chi connectivity index (χ3v) is 4.72. The van der Waals surface area contributed by atoms with Crippen molar-refractivity contribution < 1.29 is 9.53 Å². The Kier molecular flexibility index (Phi) is 5.80. The number of carbonyl (C=O) groups is 1. The van der Waals surface area contributed by atoms with Gasteiger partial charge in [0.05, 0.1) is 0 Å². The van der Waals surface area contributed by atoms with Gasteiger partial charge in [-0.05, 0) is 37.8 Å². The van der Waals surface area contributed by atoms with Gasteiger partial charge in [-0.3, -0.25) is 4.79 Å². The Labute approximate surface area is 137 Å². The van der Waals surface area contributed by atoms with Crippen LogP contribution in [0.2, 0.25) is 0 Å². The van der Waals surface area contributed by atoms with Gasteiger partial charge in [0, 0.05) is 25.2 Å². The lowest BCUT2D eigenvalue weighted by Gasteiger charge is -2.21. The van der Waals surface area contributed by atoms with E-state index in [0.29, 0.717) is 25.1 Å². The molecule has 23 heavy (non-hydrogen) atoms. The third kappa shape index (κ3) is 4.89. The second kappa shape index (κ2) is 8.24. The lowest BCUT2D eigenvalue weighted by Crippen LogP contribution is -2.29. The summed E-state index contributed by atoms with van der Waals surface area (Å²) in [6.07, 6.45) is 9.19. The predicted octanol–water partition coefficient (Wildman–Crippen LogP) is 2.98. The summed E-state index contributed by atoms with van der Waals surface area (Å²) in [5.41, 5.74) is 0. The van der Waals surface area contributed by atoms with E-state index in [1.165, 1.54) is 38.5 Å².